The molecular formula is C14H22N2O. The summed E-state index contributed by atoms with van der Waals surface area (Å²) in [4.78, 5) is 18.5. The number of fused-ring (bicyclic) bond motifs is 1. The molecule has 0 aliphatic heterocycles. The predicted molar refractivity (Wildman–Crippen MR) is 74.4 cm³/mol. The minimum atomic E-state index is -0.0533. The molecule has 0 radical (unpaired) electrons. The molecule has 0 bridgehead atoms. The van der Waals surface area contributed by atoms with Crippen LogP contribution in [-0.2, 0) is 6.42 Å². The minimum absolute atomic E-state index is 0.0533. The number of rotatable bonds is 1. The second-order valence-electron chi connectivity index (χ2n) is 2.88. The lowest BCUT2D eigenvalue weighted by molar-refractivity contribution is 0.944. The number of hydrogen-bond donors (Lipinski definition) is 1. The summed E-state index contributed by atoms with van der Waals surface area (Å²) in [7, 11) is 0. The van der Waals surface area contributed by atoms with Crippen LogP contribution in [0, 0.1) is 0 Å². The van der Waals surface area contributed by atoms with E-state index in [1.165, 1.54) is 0 Å². The maximum absolute atomic E-state index is 11.5. The molecule has 0 aliphatic carbocycles. The van der Waals surface area contributed by atoms with Crippen molar-refractivity contribution < 1.29 is 0 Å². The number of hydrogen-bond acceptors (Lipinski definition) is 2. The van der Waals surface area contributed by atoms with E-state index in [0.717, 1.165) is 17.8 Å². The van der Waals surface area contributed by atoms with Crippen molar-refractivity contribution in [2.75, 3.05) is 0 Å². The first-order valence-electron chi connectivity index (χ1n) is 6.29. The molecule has 0 saturated heterocycles. The van der Waals surface area contributed by atoms with Gasteiger partial charge in [0.15, 0.2) is 0 Å². The zero-order chi connectivity index (χ0) is 13.3. The van der Waals surface area contributed by atoms with Crippen LogP contribution < -0.4 is 5.56 Å². The Morgan fingerprint density at radius 2 is 1.71 bits per heavy atom. The Bertz CT molecular complexity index is 489. The van der Waals surface area contributed by atoms with Crippen LogP contribution >= 0.6 is 0 Å². The van der Waals surface area contributed by atoms with Crippen molar-refractivity contribution in [1.29, 1.82) is 0 Å². The van der Waals surface area contributed by atoms with Gasteiger partial charge in [0.2, 0.25) is 0 Å². The van der Waals surface area contributed by atoms with Crippen molar-refractivity contribution in [3.05, 3.63) is 40.4 Å². The summed E-state index contributed by atoms with van der Waals surface area (Å²) in [6.45, 7) is 9.97. The maximum atomic E-state index is 11.5. The van der Waals surface area contributed by atoms with Gasteiger partial charge < -0.3 is 4.98 Å². The topological polar surface area (TPSA) is 45.8 Å². The van der Waals surface area contributed by atoms with Crippen molar-refractivity contribution in [2.24, 2.45) is 0 Å². The molecule has 0 spiro atoms. The normalized spacial score (nSPS) is 8.76. The quantitative estimate of drug-likeness (QED) is 0.820. The Labute approximate surface area is 103 Å². The van der Waals surface area contributed by atoms with E-state index in [0.29, 0.717) is 5.39 Å². The second kappa shape index (κ2) is 8.50. The van der Waals surface area contributed by atoms with E-state index >= 15 is 0 Å². The second-order valence-corrected chi connectivity index (χ2v) is 2.88. The molecule has 1 N–H and O–H groups in total. The van der Waals surface area contributed by atoms with Gasteiger partial charge in [-0.1, -0.05) is 46.8 Å². The molecule has 1 heterocycles. The monoisotopic (exact) mass is 234 g/mol. The van der Waals surface area contributed by atoms with Crippen LogP contribution in [0.4, 0.5) is 0 Å². The van der Waals surface area contributed by atoms with Crippen LogP contribution in [0.1, 0.15) is 40.4 Å². The molecule has 17 heavy (non-hydrogen) atoms. The number of aryl methyl sites for hydroxylation is 1. The van der Waals surface area contributed by atoms with Crippen molar-refractivity contribution in [2.45, 2.75) is 41.0 Å². The lowest BCUT2D eigenvalue weighted by Crippen LogP contribution is -2.10. The third-order valence-electron chi connectivity index (χ3n) is 2.00. The van der Waals surface area contributed by atoms with Crippen LogP contribution in [0.3, 0.4) is 0 Å². The molecule has 0 unspecified atom stereocenters. The number of nitrogens with zero attached hydrogens (tertiary/aromatic N) is 1. The third-order valence-corrected chi connectivity index (χ3v) is 2.00. The fraction of sp³-hybridized carbons (Fsp3) is 0.429. The van der Waals surface area contributed by atoms with Gasteiger partial charge in [-0.05, 0) is 12.1 Å². The summed E-state index contributed by atoms with van der Waals surface area (Å²) >= 11 is 0. The van der Waals surface area contributed by atoms with E-state index < -0.39 is 0 Å². The first kappa shape index (κ1) is 15.4. The van der Waals surface area contributed by atoms with Gasteiger partial charge in [-0.15, -0.1) is 0 Å². The van der Waals surface area contributed by atoms with Gasteiger partial charge in [0.05, 0.1) is 10.9 Å². The summed E-state index contributed by atoms with van der Waals surface area (Å²) in [6, 6.07) is 7.35. The lowest BCUT2D eigenvalue weighted by Gasteiger charge is -1.98. The van der Waals surface area contributed by atoms with Crippen molar-refractivity contribution in [3.8, 4) is 0 Å². The lowest BCUT2D eigenvalue weighted by atomic mass is 10.2. The number of aromatic amines is 1. The summed E-state index contributed by atoms with van der Waals surface area (Å²) in [5, 5.41) is 0.653. The first-order chi connectivity index (χ1) is 8.31. The van der Waals surface area contributed by atoms with E-state index in [1.54, 1.807) is 6.07 Å². The number of aromatic nitrogens is 2. The zero-order valence-corrected chi connectivity index (χ0v) is 11.4. The minimum Gasteiger partial charge on any atom is -0.310 e. The number of benzene rings is 1. The Hall–Kier alpha value is -1.64. The van der Waals surface area contributed by atoms with Gasteiger partial charge >= 0.3 is 0 Å². The van der Waals surface area contributed by atoms with Gasteiger partial charge in [0, 0.05) is 6.42 Å². The van der Waals surface area contributed by atoms with Crippen LogP contribution in [-0.4, -0.2) is 9.97 Å². The highest BCUT2D eigenvalue weighted by Crippen LogP contribution is 2.05. The fourth-order valence-corrected chi connectivity index (χ4v) is 1.30. The summed E-state index contributed by atoms with van der Waals surface area (Å²) < 4.78 is 0. The average Bonchev–Trinajstić information content (AvgIpc) is 2.43. The molecule has 0 aliphatic rings. The molecule has 0 fully saturated rings. The van der Waals surface area contributed by atoms with Crippen molar-refractivity contribution in [3.63, 3.8) is 0 Å². The standard InChI is InChI=1S/C10H10N2O.2C2H6/c1-2-9-11-8-6-4-3-5-7(8)10(13)12-9;2*1-2/h3-6H,2H2,1H3,(H,11,12,13);2*1-2H3. The Balaban J connectivity index is 0.000000581. The van der Waals surface area contributed by atoms with Gasteiger partial charge in [-0.25, -0.2) is 4.98 Å². The molecular weight excluding hydrogens is 212 g/mol. The molecule has 94 valence electrons. The van der Waals surface area contributed by atoms with E-state index in [4.69, 9.17) is 0 Å². The molecule has 3 heteroatoms. The Morgan fingerprint density at radius 3 is 2.29 bits per heavy atom. The zero-order valence-electron chi connectivity index (χ0n) is 11.4. The summed E-state index contributed by atoms with van der Waals surface area (Å²) in [6.07, 6.45) is 0.750. The third kappa shape index (κ3) is 4.02. The van der Waals surface area contributed by atoms with E-state index in [9.17, 15) is 4.79 Å². The summed E-state index contributed by atoms with van der Waals surface area (Å²) in [5.41, 5.74) is 0.713. The van der Waals surface area contributed by atoms with E-state index in [-0.39, 0.29) is 5.56 Å². The number of H-pyrrole nitrogens is 1. The van der Waals surface area contributed by atoms with Gasteiger partial charge in [-0.3, -0.25) is 4.79 Å². The maximum Gasteiger partial charge on any atom is 0.258 e. The molecule has 2 rings (SSSR count). The van der Waals surface area contributed by atoms with E-state index in [1.807, 2.05) is 52.8 Å². The highest BCUT2D eigenvalue weighted by atomic mass is 16.1. The SMILES string of the molecule is CC.CC.CCc1nc2ccccc2c(=O)[nH]1. The van der Waals surface area contributed by atoms with Crippen LogP contribution in [0.2, 0.25) is 0 Å². The number of para-hydroxylation sites is 1. The van der Waals surface area contributed by atoms with Gasteiger partial charge in [0.1, 0.15) is 5.82 Å². The molecule has 0 amide bonds. The van der Waals surface area contributed by atoms with Crippen LogP contribution in [0.5, 0.6) is 0 Å². The van der Waals surface area contributed by atoms with Crippen molar-refractivity contribution in [1.82, 2.24) is 9.97 Å². The Kier molecular flexibility index (Phi) is 7.68. The highest BCUT2D eigenvalue weighted by molar-refractivity contribution is 5.77. The molecule has 3 nitrogen and oxygen atoms in total. The molecule has 0 saturated carbocycles. The Morgan fingerprint density at radius 1 is 1.12 bits per heavy atom. The predicted octanol–water partition coefficient (Wildman–Crippen LogP) is 3.54. The molecule has 1 aromatic carbocycles. The summed E-state index contributed by atoms with van der Waals surface area (Å²) in [5.74, 6) is 0.740. The van der Waals surface area contributed by atoms with Gasteiger partial charge in [-0.2, -0.15) is 0 Å². The van der Waals surface area contributed by atoms with Gasteiger partial charge in [0.25, 0.3) is 5.56 Å². The molecule has 1 aromatic heterocycles. The van der Waals surface area contributed by atoms with Crippen LogP contribution in [0.25, 0.3) is 10.9 Å². The number of nitrogens with one attached hydrogen (secondary N) is 1. The smallest absolute Gasteiger partial charge is 0.258 e. The average molecular weight is 234 g/mol. The first-order valence-corrected chi connectivity index (χ1v) is 6.29. The molecule has 0 atom stereocenters. The highest BCUT2D eigenvalue weighted by Gasteiger charge is 1.99. The fourth-order valence-electron chi connectivity index (χ4n) is 1.30. The van der Waals surface area contributed by atoms with Crippen molar-refractivity contribution >= 4 is 10.9 Å². The van der Waals surface area contributed by atoms with Crippen LogP contribution in [0.15, 0.2) is 29.1 Å². The molecule has 2 aromatic rings. The van der Waals surface area contributed by atoms with E-state index in [2.05, 4.69) is 9.97 Å². The largest absolute Gasteiger partial charge is 0.310 e.